The fourth-order valence-electron chi connectivity index (χ4n) is 4.12. The fourth-order valence-corrected chi connectivity index (χ4v) is 4.12. The quantitative estimate of drug-likeness (QED) is 0.426. The minimum Gasteiger partial charge on any atom is -0.466 e. The molecule has 0 N–H and O–H groups in total. The molecule has 0 bridgehead atoms. The van der Waals surface area contributed by atoms with Crippen molar-refractivity contribution >= 4 is 23.3 Å². The molecule has 3 rings (SSSR count). The van der Waals surface area contributed by atoms with Crippen LogP contribution in [0, 0.1) is 22.0 Å². The number of hydrogen-bond donors (Lipinski definition) is 0. The lowest BCUT2D eigenvalue weighted by Crippen LogP contribution is -2.43. The Hall–Kier alpha value is -2.64. The Morgan fingerprint density at radius 1 is 1.21 bits per heavy atom. The molecule has 2 saturated heterocycles. The van der Waals surface area contributed by atoms with E-state index in [4.69, 9.17) is 4.74 Å². The van der Waals surface area contributed by atoms with E-state index in [9.17, 15) is 19.7 Å². The molecule has 1 unspecified atom stereocenters. The van der Waals surface area contributed by atoms with E-state index in [2.05, 4.69) is 11.8 Å². The summed E-state index contributed by atoms with van der Waals surface area (Å²) in [4.78, 5) is 40.1. The third-order valence-electron chi connectivity index (χ3n) is 5.87. The lowest BCUT2D eigenvalue weighted by molar-refractivity contribution is -0.384. The molecule has 29 heavy (non-hydrogen) atoms. The molecular formula is C21H29N3O5. The van der Waals surface area contributed by atoms with Crippen molar-refractivity contribution in [3.05, 3.63) is 33.9 Å². The van der Waals surface area contributed by atoms with Gasteiger partial charge in [-0.2, -0.15) is 0 Å². The zero-order valence-corrected chi connectivity index (χ0v) is 17.1. The number of carbonyl (C=O) groups excluding carboxylic acids is 2. The van der Waals surface area contributed by atoms with Gasteiger partial charge in [0.05, 0.1) is 28.7 Å². The highest BCUT2D eigenvalue weighted by atomic mass is 16.6. The van der Waals surface area contributed by atoms with E-state index < -0.39 is 4.92 Å². The van der Waals surface area contributed by atoms with Gasteiger partial charge in [0.2, 0.25) is 0 Å². The maximum Gasteiger partial charge on any atom is 0.310 e. The molecule has 8 nitrogen and oxygen atoms in total. The predicted octanol–water partition coefficient (Wildman–Crippen LogP) is 3.25. The number of nitrogens with zero attached hydrogens (tertiary/aromatic N) is 3. The summed E-state index contributed by atoms with van der Waals surface area (Å²) in [6.45, 7) is 6.76. The lowest BCUT2D eigenvalue weighted by atomic mass is 9.96. The third-order valence-corrected chi connectivity index (χ3v) is 5.87. The van der Waals surface area contributed by atoms with Gasteiger partial charge >= 0.3 is 5.97 Å². The molecule has 1 atom stereocenters. The highest BCUT2D eigenvalue weighted by molar-refractivity contribution is 6.00. The first kappa shape index (κ1) is 21.1. The average Bonchev–Trinajstić information content (AvgIpc) is 2.73. The number of rotatable bonds is 5. The summed E-state index contributed by atoms with van der Waals surface area (Å²) in [5, 5.41) is 11.3. The maximum atomic E-state index is 13.4. The number of piperidine rings is 2. The van der Waals surface area contributed by atoms with E-state index in [1.54, 1.807) is 17.9 Å². The molecule has 0 spiro atoms. The van der Waals surface area contributed by atoms with Crippen LogP contribution in [-0.4, -0.2) is 54.5 Å². The van der Waals surface area contributed by atoms with Gasteiger partial charge in [-0.05, 0) is 44.6 Å². The summed E-state index contributed by atoms with van der Waals surface area (Å²) in [5.41, 5.74) is 0.991. The van der Waals surface area contributed by atoms with Gasteiger partial charge in [0.25, 0.3) is 11.6 Å². The predicted molar refractivity (Wildman–Crippen MR) is 109 cm³/mol. The molecular weight excluding hydrogens is 374 g/mol. The van der Waals surface area contributed by atoms with Crippen molar-refractivity contribution in [2.75, 3.05) is 37.7 Å². The van der Waals surface area contributed by atoms with E-state index in [-0.39, 0.29) is 30.0 Å². The third kappa shape index (κ3) is 4.86. The maximum absolute atomic E-state index is 13.4. The molecule has 2 aliphatic rings. The van der Waals surface area contributed by atoms with Gasteiger partial charge in [-0.15, -0.1) is 0 Å². The number of anilines is 1. The van der Waals surface area contributed by atoms with E-state index >= 15 is 0 Å². The number of hydrogen-bond acceptors (Lipinski definition) is 6. The minimum atomic E-state index is -0.476. The topological polar surface area (TPSA) is 93.0 Å². The van der Waals surface area contributed by atoms with Crippen molar-refractivity contribution in [2.45, 2.75) is 39.5 Å². The normalized spacial score (nSPS) is 20.4. The summed E-state index contributed by atoms with van der Waals surface area (Å²) in [6, 6.07) is 4.53. The first-order chi connectivity index (χ1) is 13.9. The molecule has 0 aromatic heterocycles. The van der Waals surface area contributed by atoms with Gasteiger partial charge in [-0.3, -0.25) is 19.7 Å². The van der Waals surface area contributed by atoms with Crippen molar-refractivity contribution in [3.8, 4) is 0 Å². The number of carbonyl (C=O) groups is 2. The second-order valence-electron chi connectivity index (χ2n) is 7.97. The van der Waals surface area contributed by atoms with Crippen LogP contribution in [-0.2, 0) is 9.53 Å². The molecule has 2 heterocycles. The molecule has 158 valence electrons. The van der Waals surface area contributed by atoms with Crippen LogP contribution in [0.15, 0.2) is 18.2 Å². The lowest BCUT2D eigenvalue weighted by Gasteiger charge is -2.35. The number of non-ortho nitro benzene ring substituents is 1. The fraction of sp³-hybridized carbons (Fsp3) is 0.619. The number of esters is 1. The van der Waals surface area contributed by atoms with Gasteiger partial charge in [-0.1, -0.05) is 6.92 Å². The Labute approximate surface area is 171 Å². The number of nitro groups is 1. The molecule has 1 amide bonds. The number of ether oxygens (including phenoxy) is 1. The molecule has 8 heteroatoms. The zero-order chi connectivity index (χ0) is 21.0. The molecule has 2 aliphatic heterocycles. The van der Waals surface area contributed by atoms with Crippen molar-refractivity contribution in [1.29, 1.82) is 0 Å². The van der Waals surface area contributed by atoms with Crippen molar-refractivity contribution in [2.24, 2.45) is 11.8 Å². The summed E-state index contributed by atoms with van der Waals surface area (Å²) in [7, 11) is 0. The molecule has 0 aliphatic carbocycles. The Morgan fingerprint density at radius 2 is 1.93 bits per heavy atom. The second-order valence-corrected chi connectivity index (χ2v) is 7.97. The van der Waals surface area contributed by atoms with Crippen molar-refractivity contribution in [3.63, 3.8) is 0 Å². The molecule has 1 aromatic carbocycles. The highest BCUT2D eigenvalue weighted by Crippen LogP contribution is 2.31. The van der Waals surface area contributed by atoms with Crippen molar-refractivity contribution < 1.29 is 19.2 Å². The van der Waals surface area contributed by atoms with E-state index in [0.717, 1.165) is 31.6 Å². The van der Waals surface area contributed by atoms with Crippen LogP contribution >= 0.6 is 0 Å². The van der Waals surface area contributed by atoms with Crippen LogP contribution < -0.4 is 4.90 Å². The van der Waals surface area contributed by atoms with E-state index in [0.29, 0.717) is 37.5 Å². The second kappa shape index (κ2) is 9.24. The average molecular weight is 403 g/mol. The smallest absolute Gasteiger partial charge is 0.310 e. The van der Waals surface area contributed by atoms with E-state index in [1.165, 1.54) is 12.1 Å². The van der Waals surface area contributed by atoms with Crippen LogP contribution in [0.1, 0.15) is 49.9 Å². The Bertz CT molecular complexity index is 774. The van der Waals surface area contributed by atoms with Gasteiger partial charge in [0.15, 0.2) is 0 Å². The zero-order valence-electron chi connectivity index (χ0n) is 17.1. The monoisotopic (exact) mass is 403 g/mol. The van der Waals surface area contributed by atoms with Crippen LogP contribution in [0.5, 0.6) is 0 Å². The Morgan fingerprint density at radius 3 is 2.59 bits per heavy atom. The van der Waals surface area contributed by atoms with Crippen LogP contribution in [0.25, 0.3) is 0 Å². The summed E-state index contributed by atoms with van der Waals surface area (Å²) < 4.78 is 5.12. The SMILES string of the molecule is CCOC(=O)C1CCCN(C(=O)c2cc([N+](=O)[O-])ccc2N2CCC(C)CC2)C1. The highest BCUT2D eigenvalue weighted by Gasteiger charge is 2.32. The molecule has 0 saturated carbocycles. The molecule has 2 fully saturated rings. The summed E-state index contributed by atoms with van der Waals surface area (Å²) >= 11 is 0. The van der Waals surface area contributed by atoms with Crippen LogP contribution in [0.2, 0.25) is 0 Å². The number of benzene rings is 1. The van der Waals surface area contributed by atoms with Gasteiger partial charge in [0.1, 0.15) is 0 Å². The van der Waals surface area contributed by atoms with Crippen LogP contribution in [0.3, 0.4) is 0 Å². The standard InChI is InChI=1S/C21H29N3O5/c1-3-29-21(26)16-5-4-10-23(14-16)20(25)18-13-17(24(27)28)6-7-19(18)22-11-8-15(2)9-12-22/h6-7,13,15-16H,3-5,8-12,14H2,1-2H3. The first-order valence-electron chi connectivity index (χ1n) is 10.4. The van der Waals surface area contributed by atoms with Gasteiger partial charge in [0, 0.05) is 38.3 Å². The number of nitro benzene ring substituents is 1. The van der Waals surface area contributed by atoms with Gasteiger partial charge in [-0.25, -0.2) is 0 Å². The van der Waals surface area contributed by atoms with Crippen LogP contribution in [0.4, 0.5) is 11.4 Å². The molecule has 1 aromatic rings. The van der Waals surface area contributed by atoms with Crippen molar-refractivity contribution in [1.82, 2.24) is 4.90 Å². The minimum absolute atomic E-state index is 0.0959. The van der Waals surface area contributed by atoms with E-state index in [1.807, 2.05) is 0 Å². The number of amides is 1. The number of likely N-dealkylation sites (tertiary alicyclic amines) is 1. The largest absolute Gasteiger partial charge is 0.466 e. The summed E-state index contributed by atoms with van der Waals surface area (Å²) in [6.07, 6.45) is 3.45. The first-order valence-corrected chi connectivity index (χ1v) is 10.4. The van der Waals surface area contributed by atoms with Gasteiger partial charge < -0.3 is 14.5 Å². The summed E-state index contributed by atoms with van der Waals surface area (Å²) in [5.74, 6) is -0.243. The molecule has 0 radical (unpaired) electrons. The Kier molecular flexibility index (Phi) is 6.71. The Balaban J connectivity index is 1.86.